The summed E-state index contributed by atoms with van der Waals surface area (Å²) in [5, 5.41) is 29.8. The van der Waals surface area contributed by atoms with Gasteiger partial charge in [-0.3, -0.25) is 4.79 Å². The molecule has 2 fully saturated rings. The van der Waals surface area contributed by atoms with E-state index in [-0.39, 0.29) is 24.7 Å². The Labute approximate surface area is 194 Å². The van der Waals surface area contributed by atoms with Gasteiger partial charge in [0.2, 0.25) is 0 Å². The summed E-state index contributed by atoms with van der Waals surface area (Å²) in [6.07, 6.45) is 5.40. The first-order valence-corrected chi connectivity index (χ1v) is 11.7. The van der Waals surface area contributed by atoms with Gasteiger partial charge in [-0.15, -0.1) is 10.2 Å². The Morgan fingerprint density at radius 2 is 1.91 bits per heavy atom. The van der Waals surface area contributed by atoms with E-state index in [0.717, 1.165) is 68.7 Å². The summed E-state index contributed by atoms with van der Waals surface area (Å²) in [6.45, 7) is 3.84. The summed E-state index contributed by atoms with van der Waals surface area (Å²) in [4.78, 5) is 14.8. The number of nitrogens with zero attached hydrogens (tertiary/aromatic N) is 4. The van der Waals surface area contributed by atoms with Crippen LogP contribution in [0, 0.1) is 24.2 Å². The molecule has 0 spiro atoms. The van der Waals surface area contributed by atoms with Crippen molar-refractivity contribution in [1.82, 2.24) is 15.5 Å². The van der Waals surface area contributed by atoms with Crippen molar-refractivity contribution in [3.05, 3.63) is 47.2 Å². The summed E-state index contributed by atoms with van der Waals surface area (Å²) >= 11 is 0. The number of rotatable bonds is 6. The zero-order valence-corrected chi connectivity index (χ0v) is 19.0. The molecule has 174 valence electrons. The second-order valence-corrected chi connectivity index (χ2v) is 9.04. The summed E-state index contributed by atoms with van der Waals surface area (Å²) in [5.41, 5.74) is 1.91. The Bertz CT molecular complexity index is 988. The lowest BCUT2D eigenvalue weighted by molar-refractivity contribution is 0.0888. The molecule has 33 heavy (non-hydrogen) atoms. The molecule has 1 saturated heterocycles. The zero-order chi connectivity index (χ0) is 23.2. The lowest BCUT2D eigenvalue weighted by atomic mass is 9.92. The van der Waals surface area contributed by atoms with Crippen LogP contribution in [0.5, 0.6) is 5.75 Å². The number of aromatic nitrogens is 2. The van der Waals surface area contributed by atoms with Crippen molar-refractivity contribution in [2.45, 2.75) is 57.6 Å². The van der Waals surface area contributed by atoms with Gasteiger partial charge in [-0.1, -0.05) is 0 Å². The molecule has 8 nitrogen and oxygen atoms in total. The normalized spacial score (nSPS) is 21.3. The highest BCUT2D eigenvalue weighted by Gasteiger charge is 2.25. The van der Waals surface area contributed by atoms with Crippen LogP contribution in [0.15, 0.2) is 30.3 Å². The first-order valence-electron chi connectivity index (χ1n) is 11.7. The molecule has 2 N–H and O–H groups in total. The van der Waals surface area contributed by atoms with E-state index in [4.69, 9.17) is 10.00 Å². The fourth-order valence-electron chi connectivity index (χ4n) is 4.57. The number of amides is 1. The predicted octanol–water partition coefficient (Wildman–Crippen LogP) is 2.99. The molecule has 4 rings (SSSR count). The van der Waals surface area contributed by atoms with Gasteiger partial charge in [0.25, 0.3) is 5.91 Å². The lowest BCUT2D eigenvalue weighted by Gasteiger charge is -2.31. The SMILES string of the molecule is Cc1cc(OC2CCC(NC(=O)c3ccc(N4CCC(CO)CC4)nn3)CC2)ccc1C#N. The topological polar surface area (TPSA) is 111 Å². The number of hydrogen-bond acceptors (Lipinski definition) is 7. The molecular weight excluding hydrogens is 418 g/mol. The Morgan fingerprint density at radius 3 is 2.52 bits per heavy atom. The number of aryl methyl sites for hydroxylation is 1. The maximum Gasteiger partial charge on any atom is 0.272 e. The third kappa shape index (κ3) is 5.79. The molecule has 2 heterocycles. The first kappa shape index (κ1) is 23.0. The van der Waals surface area contributed by atoms with Crippen LogP contribution in [0.1, 0.15) is 60.1 Å². The van der Waals surface area contributed by atoms with Crippen molar-refractivity contribution < 1.29 is 14.6 Å². The number of benzene rings is 1. The average molecular weight is 450 g/mol. The Kier molecular flexibility index (Phi) is 7.40. The lowest BCUT2D eigenvalue weighted by Crippen LogP contribution is -2.40. The van der Waals surface area contributed by atoms with Crippen molar-refractivity contribution in [2.24, 2.45) is 5.92 Å². The van der Waals surface area contributed by atoms with Crippen LogP contribution in [0.25, 0.3) is 0 Å². The van der Waals surface area contributed by atoms with E-state index in [1.165, 1.54) is 0 Å². The second-order valence-electron chi connectivity index (χ2n) is 9.04. The van der Waals surface area contributed by atoms with Gasteiger partial charge < -0.3 is 20.1 Å². The van der Waals surface area contributed by atoms with E-state index < -0.39 is 0 Å². The number of aliphatic hydroxyl groups is 1. The number of aliphatic hydroxyl groups excluding tert-OH is 1. The standard InChI is InChI=1S/C25H31N5O3/c1-17-14-22(5-2-19(17)15-26)33-21-6-3-20(4-7-21)27-25(32)23-8-9-24(29-28-23)30-12-10-18(16-31)11-13-30/h2,5,8-9,14,18,20-21,31H,3-4,6-7,10-13,16H2,1H3,(H,27,32). The summed E-state index contributed by atoms with van der Waals surface area (Å²) in [5.74, 6) is 1.74. The second kappa shape index (κ2) is 10.6. The number of hydrogen-bond donors (Lipinski definition) is 2. The highest BCUT2D eigenvalue weighted by atomic mass is 16.5. The van der Waals surface area contributed by atoms with Crippen molar-refractivity contribution >= 4 is 11.7 Å². The van der Waals surface area contributed by atoms with Gasteiger partial charge in [0.05, 0.1) is 17.7 Å². The van der Waals surface area contributed by atoms with Crippen LogP contribution in [0.2, 0.25) is 0 Å². The van der Waals surface area contributed by atoms with Crippen LogP contribution in [-0.4, -0.2) is 53.1 Å². The zero-order valence-electron chi connectivity index (χ0n) is 19.0. The number of piperidine rings is 1. The summed E-state index contributed by atoms with van der Waals surface area (Å²) in [6, 6.07) is 11.4. The maximum atomic E-state index is 12.6. The monoisotopic (exact) mass is 449 g/mol. The molecule has 2 aromatic rings. The number of nitriles is 1. The highest BCUT2D eigenvalue weighted by molar-refractivity contribution is 5.92. The third-order valence-corrected chi connectivity index (χ3v) is 6.71. The molecular formula is C25H31N5O3. The minimum Gasteiger partial charge on any atom is -0.490 e. The molecule has 0 bridgehead atoms. The maximum absolute atomic E-state index is 12.6. The van der Waals surface area contributed by atoms with E-state index >= 15 is 0 Å². The van der Waals surface area contributed by atoms with Gasteiger partial charge in [-0.25, -0.2) is 0 Å². The molecule has 2 aliphatic rings. The molecule has 1 saturated carbocycles. The molecule has 0 unspecified atom stereocenters. The van der Waals surface area contributed by atoms with Crippen molar-refractivity contribution in [3.63, 3.8) is 0 Å². The van der Waals surface area contributed by atoms with Crippen LogP contribution in [0.4, 0.5) is 5.82 Å². The first-order chi connectivity index (χ1) is 16.1. The fraction of sp³-hybridized carbons (Fsp3) is 0.520. The highest BCUT2D eigenvalue weighted by Crippen LogP contribution is 2.26. The quantitative estimate of drug-likeness (QED) is 0.697. The predicted molar refractivity (Wildman–Crippen MR) is 124 cm³/mol. The van der Waals surface area contributed by atoms with Crippen LogP contribution >= 0.6 is 0 Å². The molecule has 1 aromatic heterocycles. The van der Waals surface area contributed by atoms with Gasteiger partial charge in [0, 0.05) is 25.7 Å². The smallest absolute Gasteiger partial charge is 0.272 e. The van der Waals surface area contributed by atoms with Crippen molar-refractivity contribution in [3.8, 4) is 11.8 Å². The van der Waals surface area contributed by atoms with E-state index in [1.807, 2.05) is 25.1 Å². The Hall–Kier alpha value is -3.18. The van der Waals surface area contributed by atoms with Gasteiger partial charge in [0.1, 0.15) is 5.75 Å². The Balaban J connectivity index is 1.24. The van der Waals surface area contributed by atoms with E-state index in [0.29, 0.717) is 17.2 Å². The third-order valence-electron chi connectivity index (χ3n) is 6.71. The van der Waals surface area contributed by atoms with Crippen molar-refractivity contribution in [1.29, 1.82) is 5.26 Å². The average Bonchev–Trinajstić information content (AvgIpc) is 2.85. The van der Waals surface area contributed by atoms with E-state index in [1.54, 1.807) is 12.1 Å². The minimum atomic E-state index is -0.194. The number of carbonyl (C=O) groups is 1. The Morgan fingerprint density at radius 1 is 1.15 bits per heavy atom. The van der Waals surface area contributed by atoms with Crippen LogP contribution in [-0.2, 0) is 0 Å². The molecule has 8 heteroatoms. The van der Waals surface area contributed by atoms with Crippen LogP contribution < -0.4 is 15.0 Å². The molecule has 1 aliphatic heterocycles. The fourth-order valence-corrected chi connectivity index (χ4v) is 4.57. The van der Waals surface area contributed by atoms with E-state index in [2.05, 4.69) is 26.5 Å². The molecule has 1 amide bonds. The van der Waals surface area contributed by atoms with Crippen molar-refractivity contribution in [2.75, 3.05) is 24.6 Å². The molecule has 0 radical (unpaired) electrons. The van der Waals surface area contributed by atoms with Crippen LogP contribution in [0.3, 0.4) is 0 Å². The number of nitrogens with one attached hydrogen (secondary N) is 1. The molecule has 1 aliphatic carbocycles. The van der Waals surface area contributed by atoms with Gasteiger partial charge in [-0.05, 0) is 87.3 Å². The molecule has 0 atom stereocenters. The van der Waals surface area contributed by atoms with Gasteiger partial charge in [0.15, 0.2) is 11.5 Å². The van der Waals surface area contributed by atoms with Gasteiger partial charge in [-0.2, -0.15) is 5.26 Å². The summed E-state index contributed by atoms with van der Waals surface area (Å²) in [7, 11) is 0. The number of carbonyl (C=O) groups excluding carboxylic acids is 1. The largest absolute Gasteiger partial charge is 0.490 e. The number of ether oxygens (including phenoxy) is 1. The van der Waals surface area contributed by atoms with E-state index in [9.17, 15) is 9.90 Å². The minimum absolute atomic E-state index is 0.0963. The summed E-state index contributed by atoms with van der Waals surface area (Å²) < 4.78 is 6.10. The van der Waals surface area contributed by atoms with Gasteiger partial charge >= 0.3 is 0 Å². The molecule has 1 aromatic carbocycles. The number of anilines is 1.